The smallest absolute Gasteiger partial charge is 0.338 e. The topological polar surface area (TPSA) is 142 Å². The Bertz CT molecular complexity index is 758. The zero-order valence-electron chi connectivity index (χ0n) is 14.0. The van der Waals surface area contributed by atoms with Crippen molar-refractivity contribution in [3.63, 3.8) is 0 Å². The molecular formula is C14H21N3O6S. The van der Waals surface area contributed by atoms with Crippen LogP contribution in [0.5, 0.6) is 0 Å². The van der Waals surface area contributed by atoms with Crippen molar-refractivity contribution in [3.8, 4) is 0 Å². The van der Waals surface area contributed by atoms with Crippen molar-refractivity contribution in [1.82, 2.24) is 4.72 Å². The molecule has 0 spiro atoms. The lowest BCUT2D eigenvalue weighted by Crippen LogP contribution is -2.48. The minimum absolute atomic E-state index is 0.0188. The highest BCUT2D eigenvalue weighted by molar-refractivity contribution is 7.89. The Morgan fingerprint density at radius 2 is 2.00 bits per heavy atom. The van der Waals surface area contributed by atoms with E-state index < -0.39 is 37.0 Å². The first-order valence-corrected chi connectivity index (χ1v) is 8.63. The number of esters is 1. The molecule has 0 heterocycles. The van der Waals surface area contributed by atoms with E-state index in [2.05, 4.69) is 4.72 Å². The first-order chi connectivity index (χ1) is 10.9. The third-order valence-corrected chi connectivity index (χ3v) is 4.95. The summed E-state index contributed by atoms with van der Waals surface area (Å²) in [4.78, 5) is 22.0. The van der Waals surface area contributed by atoms with Gasteiger partial charge in [-0.05, 0) is 33.8 Å². The fourth-order valence-corrected chi connectivity index (χ4v) is 3.37. The number of nitrogens with zero attached hydrogens (tertiary/aromatic N) is 1. The molecule has 0 radical (unpaired) electrons. The highest BCUT2D eigenvalue weighted by Crippen LogP contribution is 2.27. The van der Waals surface area contributed by atoms with Crippen LogP contribution < -0.4 is 10.5 Å². The molecule has 1 rings (SSSR count). The van der Waals surface area contributed by atoms with Crippen LogP contribution in [0.3, 0.4) is 0 Å². The van der Waals surface area contributed by atoms with Gasteiger partial charge in [-0.25, -0.2) is 17.9 Å². The number of nitro benzene ring substituents is 1. The van der Waals surface area contributed by atoms with Gasteiger partial charge in [0.15, 0.2) is 0 Å². The summed E-state index contributed by atoms with van der Waals surface area (Å²) in [5, 5.41) is 11.2. The molecule has 0 bridgehead atoms. The molecule has 0 saturated heterocycles. The molecule has 10 heteroatoms. The number of ether oxygens (including phenoxy) is 1. The zero-order chi connectivity index (χ0) is 18.7. The van der Waals surface area contributed by atoms with Crippen LogP contribution in [0.25, 0.3) is 0 Å². The van der Waals surface area contributed by atoms with Gasteiger partial charge in [-0.1, -0.05) is 0 Å². The van der Waals surface area contributed by atoms with Crippen LogP contribution in [0.15, 0.2) is 17.0 Å². The number of rotatable bonds is 7. The van der Waals surface area contributed by atoms with Crippen LogP contribution in [0.1, 0.15) is 36.7 Å². The van der Waals surface area contributed by atoms with Gasteiger partial charge in [-0.2, -0.15) is 0 Å². The predicted octanol–water partition coefficient (Wildman–Crippen LogP) is 1.10. The molecule has 3 N–H and O–H groups in total. The second-order valence-electron chi connectivity index (χ2n) is 5.79. The lowest BCUT2D eigenvalue weighted by atomic mass is 10.1. The summed E-state index contributed by atoms with van der Waals surface area (Å²) in [7, 11) is -4.12. The summed E-state index contributed by atoms with van der Waals surface area (Å²) >= 11 is 0. The van der Waals surface area contributed by atoms with E-state index in [0.29, 0.717) is 0 Å². The van der Waals surface area contributed by atoms with Crippen molar-refractivity contribution in [2.45, 2.75) is 38.1 Å². The van der Waals surface area contributed by atoms with Crippen LogP contribution in [0.2, 0.25) is 0 Å². The molecule has 0 aliphatic rings. The number of hydrogen-bond donors (Lipinski definition) is 2. The number of nitro groups is 1. The standard InChI is InChI=1S/C14H21N3O6S/c1-5-23-13(18)11-6-10(7-12(9(11)2)17(19)20)24(21,22)16-14(3,4)8-15/h6-7,16H,5,8,15H2,1-4H3. The van der Waals surface area contributed by atoms with E-state index in [-0.39, 0.29) is 24.3 Å². The fourth-order valence-electron chi connectivity index (χ4n) is 1.90. The summed E-state index contributed by atoms with van der Waals surface area (Å²) in [6.45, 7) is 6.15. The zero-order valence-corrected chi connectivity index (χ0v) is 14.8. The molecule has 0 unspecified atom stereocenters. The summed E-state index contributed by atoms with van der Waals surface area (Å²) in [6.07, 6.45) is 0. The SMILES string of the molecule is CCOC(=O)c1cc(S(=O)(=O)NC(C)(C)CN)cc([N+](=O)[O-])c1C. The highest BCUT2D eigenvalue weighted by atomic mass is 32.2. The molecule has 134 valence electrons. The third kappa shape index (κ3) is 4.49. The largest absolute Gasteiger partial charge is 0.462 e. The second-order valence-corrected chi connectivity index (χ2v) is 7.47. The summed E-state index contributed by atoms with van der Waals surface area (Å²) in [5.74, 6) is -0.826. The van der Waals surface area contributed by atoms with E-state index >= 15 is 0 Å². The number of carbonyl (C=O) groups is 1. The average molecular weight is 359 g/mol. The molecule has 9 nitrogen and oxygen atoms in total. The second kappa shape index (κ2) is 7.24. The average Bonchev–Trinajstić information content (AvgIpc) is 2.46. The first kappa shape index (κ1) is 20.0. The number of benzene rings is 1. The van der Waals surface area contributed by atoms with Gasteiger partial charge in [0, 0.05) is 23.7 Å². The normalized spacial score (nSPS) is 12.0. The van der Waals surface area contributed by atoms with Gasteiger partial charge in [-0.3, -0.25) is 10.1 Å². The van der Waals surface area contributed by atoms with E-state index in [1.54, 1.807) is 20.8 Å². The van der Waals surface area contributed by atoms with E-state index in [1.807, 2.05) is 0 Å². The molecule has 0 aliphatic carbocycles. The Balaban J connectivity index is 3.54. The molecule has 1 aromatic rings. The number of nitrogens with one attached hydrogen (secondary N) is 1. The molecule has 0 aliphatic heterocycles. The van der Waals surface area contributed by atoms with E-state index in [9.17, 15) is 23.3 Å². The Morgan fingerprint density at radius 3 is 2.46 bits per heavy atom. The van der Waals surface area contributed by atoms with Crippen LogP contribution in [-0.2, 0) is 14.8 Å². The molecule has 0 saturated carbocycles. The lowest BCUT2D eigenvalue weighted by molar-refractivity contribution is -0.385. The van der Waals surface area contributed by atoms with Crippen LogP contribution in [-0.4, -0.2) is 38.0 Å². The Kier molecular flexibility index (Phi) is 6.04. The number of nitrogens with two attached hydrogens (primary N) is 1. The molecule has 24 heavy (non-hydrogen) atoms. The quantitative estimate of drug-likeness (QED) is 0.421. The molecule has 0 amide bonds. The van der Waals surface area contributed by atoms with Crippen LogP contribution in [0.4, 0.5) is 5.69 Å². The van der Waals surface area contributed by atoms with Crippen LogP contribution in [0, 0.1) is 17.0 Å². The van der Waals surface area contributed by atoms with E-state index in [0.717, 1.165) is 12.1 Å². The van der Waals surface area contributed by atoms with Gasteiger partial charge >= 0.3 is 5.97 Å². The lowest BCUT2D eigenvalue weighted by Gasteiger charge is -2.24. The highest BCUT2D eigenvalue weighted by Gasteiger charge is 2.29. The summed E-state index contributed by atoms with van der Waals surface area (Å²) in [6, 6.07) is 1.97. The van der Waals surface area contributed by atoms with Gasteiger partial charge in [0.05, 0.1) is 22.0 Å². The van der Waals surface area contributed by atoms with Crippen molar-refractivity contribution in [2.24, 2.45) is 5.73 Å². The Morgan fingerprint density at radius 1 is 1.42 bits per heavy atom. The van der Waals surface area contributed by atoms with Gasteiger partial charge in [-0.15, -0.1) is 0 Å². The van der Waals surface area contributed by atoms with Crippen molar-refractivity contribution < 1.29 is 22.9 Å². The van der Waals surface area contributed by atoms with Crippen molar-refractivity contribution in [2.75, 3.05) is 13.2 Å². The minimum atomic E-state index is -4.12. The Labute approximate surface area is 140 Å². The van der Waals surface area contributed by atoms with E-state index in [4.69, 9.17) is 10.5 Å². The predicted molar refractivity (Wildman–Crippen MR) is 87.2 cm³/mol. The van der Waals surface area contributed by atoms with Gasteiger partial charge < -0.3 is 10.5 Å². The number of hydrogen-bond acceptors (Lipinski definition) is 7. The number of sulfonamides is 1. The third-order valence-electron chi connectivity index (χ3n) is 3.28. The molecule has 0 atom stereocenters. The summed E-state index contributed by atoms with van der Waals surface area (Å²) in [5.41, 5.74) is 3.93. The van der Waals surface area contributed by atoms with Gasteiger partial charge in [0.1, 0.15) is 0 Å². The van der Waals surface area contributed by atoms with Gasteiger partial charge in [0.25, 0.3) is 5.69 Å². The number of carbonyl (C=O) groups excluding carboxylic acids is 1. The van der Waals surface area contributed by atoms with Crippen molar-refractivity contribution in [1.29, 1.82) is 0 Å². The van der Waals surface area contributed by atoms with Gasteiger partial charge in [0.2, 0.25) is 10.0 Å². The maximum Gasteiger partial charge on any atom is 0.338 e. The van der Waals surface area contributed by atoms with Crippen molar-refractivity contribution in [3.05, 3.63) is 33.4 Å². The maximum atomic E-state index is 12.5. The Hall–Kier alpha value is -2.04. The van der Waals surface area contributed by atoms with Crippen molar-refractivity contribution >= 4 is 21.7 Å². The maximum absolute atomic E-state index is 12.5. The molecule has 1 aromatic carbocycles. The molecule has 0 fully saturated rings. The monoisotopic (exact) mass is 359 g/mol. The molecule has 0 aromatic heterocycles. The van der Waals surface area contributed by atoms with E-state index in [1.165, 1.54) is 6.92 Å². The fraction of sp³-hybridized carbons (Fsp3) is 0.500. The minimum Gasteiger partial charge on any atom is -0.462 e. The first-order valence-electron chi connectivity index (χ1n) is 7.15. The van der Waals surface area contributed by atoms with Crippen LogP contribution >= 0.6 is 0 Å². The summed E-state index contributed by atoms with van der Waals surface area (Å²) < 4.78 is 32.2. The molecular weight excluding hydrogens is 338 g/mol.